The van der Waals surface area contributed by atoms with Crippen molar-refractivity contribution in [1.29, 1.82) is 0 Å². The summed E-state index contributed by atoms with van der Waals surface area (Å²) in [7, 11) is 0. The van der Waals surface area contributed by atoms with Gasteiger partial charge in [0, 0.05) is 12.4 Å². The second-order valence-electron chi connectivity index (χ2n) is 5.09. The minimum Gasteiger partial charge on any atom is -0.347 e. The fourth-order valence-corrected chi connectivity index (χ4v) is 3.04. The topological polar surface area (TPSA) is 66.1 Å². The minimum absolute atomic E-state index is 0.0132. The molecule has 0 radical (unpaired) electrons. The quantitative estimate of drug-likeness (QED) is 0.773. The van der Waals surface area contributed by atoms with Crippen molar-refractivity contribution in [3.63, 3.8) is 0 Å². The summed E-state index contributed by atoms with van der Waals surface area (Å²) in [6, 6.07) is 0. The van der Waals surface area contributed by atoms with E-state index in [0.717, 1.165) is 12.8 Å². The lowest BCUT2D eigenvalue weighted by atomic mass is 10.00. The van der Waals surface area contributed by atoms with E-state index in [1.165, 1.54) is 4.90 Å². The molecule has 0 bridgehead atoms. The second kappa shape index (κ2) is 3.68. The van der Waals surface area contributed by atoms with Gasteiger partial charge in [0.15, 0.2) is 0 Å². The van der Waals surface area contributed by atoms with E-state index in [2.05, 4.69) is 16.9 Å². The molecule has 1 aromatic heterocycles. The average Bonchev–Trinajstić information content (AvgIpc) is 2.96. The molecule has 90 valence electrons. The molecule has 2 heterocycles. The van der Waals surface area contributed by atoms with Gasteiger partial charge in [-0.3, -0.25) is 14.5 Å². The van der Waals surface area contributed by atoms with Gasteiger partial charge in [0.2, 0.25) is 11.8 Å². The fourth-order valence-electron chi connectivity index (χ4n) is 3.04. The number of imidazole rings is 1. The Kier molecular flexibility index (Phi) is 2.28. The van der Waals surface area contributed by atoms with Gasteiger partial charge in [0.05, 0.1) is 18.4 Å². The van der Waals surface area contributed by atoms with Gasteiger partial charge in [-0.25, -0.2) is 4.98 Å². The van der Waals surface area contributed by atoms with Crippen LogP contribution in [0.5, 0.6) is 0 Å². The number of H-pyrrole nitrogens is 1. The molecule has 1 saturated heterocycles. The number of nitrogens with one attached hydrogen (secondary N) is 1. The lowest BCUT2D eigenvalue weighted by molar-refractivity contribution is -0.141. The van der Waals surface area contributed by atoms with E-state index >= 15 is 0 Å². The SMILES string of the molecule is CC1CC2C(=O)N(Cc3ncc[nH]3)C(=O)C2C1. The molecule has 0 spiro atoms. The maximum atomic E-state index is 12.1. The van der Waals surface area contributed by atoms with E-state index < -0.39 is 0 Å². The average molecular weight is 233 g/mol. The Balaban J connectivity index is 1.80. The highest BCUT2D eigenvalue weighted by atomic mass is 16.2. The molecule has 2 aliphatic rings. The standard InChI is InChI=1S/C12H15N3O2/c1-7-4-8-9(5-7)12(17)15(11(8)16)6-10-13-2-3-14-10/h2-3,7-9H,4-6H2,1H3,(H,13,14). The van der Waals surface area contributed by atoms with E-state index in [-0.39, 0.29) is 30.2 Å². The minimum atomic E-state index is -0.0764. The Labute approximate surface area is 99.2 Å². The molecule has 2 unspecified atom stereocenters. The number of carbonyl (C=O) groups excluding carboxylic acids is 2. The number of amides is 2. The molecule has 2 atom stereocenters. The molecule has 17 heavy (non-hydrogen) atoms. The number of rotatable bonds is 2. The van der Waals surface area contributed by atoms with Crippen LogP contribution in [0.4, 0.5) is 0 Å². The van der Waals surface area contributed by atoms with E-state index in [0.29, 0.717) is 11.7 Å². The zero-order chi connectivity index (χ0) is 12.0. The van der Waals surface area contributed by atoms with Crippen molar-refractivity contribution in [2.75, 3.05) is 0 Å². The summed E-state index contributed by atoms with van der Waals surface area (Å²) >= 11 is 0. The molecule has 1 N–H and O–H groups in total. The molecule has 0 aromatic carbocycles. The Bertz CT molecular complexity index is 430. The van der Waals surface area contributed by atoms with Crippen molar-refractivity contribution in [1.82, 2.24) is 14.9 Å². The van der Waals surface area contributed by atoms with E-state index in [1.54, 1.807) is 12.4 Å². The van der Waals surface area contributed by atoms with E-state index in [9.17, 15) is 9.59 Å². The van der Waals surface area contributed by atoms with Gasteiger partial charge < -0.3 is 4.98 Å². The summed E-state index contributed by atoms with van der Waals surface area (Å²) in [6.45, 7) is 2.39. The van der Waals surface area contributed by atoms with Gasteiger partial charge in [0.25, 0.3) is 0 Å². The summed E-state index contributed by atoms with van der Waals surface area (Å²) in [5.41, 5.74) is 0. The van der Waals surface area contributed by atoms with Crippen LogP contribution in [-0.2, 0) is 16.1 Å². The highest BCUT2D eigenvalue weighted by Gasteiger charge is 2.51. The predicted octanol–water partition coefficient (Wildman–Crippen LogP) is 0.941. The van der Waals surface area contributed by atoms with Crippen molar-refractivity contribution in [3.05, 3.63) is 18.2 Å². The fraction of sp³-hybridized carbons (Fsp3) is 0.583. The number of aromatic nitrogens is 2. The maximum Gasteiger partial charge on any atom is 0.233 e. The Hall–Kier alpha value is -1.65. The van der Waals surface area contributed by atoms with Crippen molar-refractivity contribution >= 4 is 11.8 Å². The molecule has 3 rings (SSSR count). The third-order valence-corrected chi connectivity index (χ3v) is 3.83. The first-order chi connectivity index (χ1) is 8.16. The molecule has 1 saturated carbocycles. The van der Waals surface area contributed by atoms with Crippen LogP contribution in [0, 0.1) is 17.8 Å². The number of likely N-dealkylation sites (tertiary alicyclic amines) is 1. The van der Waals surface area contributed by atoms with Crippen LogP contribution in [0.25, 0.3) is 0 Å². The lowest BCUT2D eigenvalue weighted by Gasteiger charge is -2.15. The molecular formula is C12H15N3O2. The highest BCUT2D eigenvalue weighted by Crippen LogP contribution is 2.43. The van der Waals surface area contributed by atoms with Gasteiger partial charge in [-0.2, -0.15) is 0 Å². The van der Waals surface area contributed by atoms with Crippen LogP contribution in [0.1, 0.15) is 25.6 Å². The van der Waals surface area contributed by atoms with E-state index in [1.807, 2.05) is 0 Å². The number of fused-ring (bicyclic) bond motifs is 1. The van der Waals surface area contributed by atoms with Gasteiger partial charge in [0.1, 0.15) is 5.82 Å². The largest absolute Gasteiger partial charge is 0.347 e. The number of nitrogens with zero attached hydrogens (tertiary/aromatic N) is 2. The van der Waals surface area contributed by atoms with Crippen molar-refractivity contribution in [2.24, 2.45) is 17.8 Å². The summed E-state index contributed by atoms with van der Waals surface area (Å²) < 4.78 is 0. The van der Waals surface area contributed by atoms with Gasteiger partial charge in [-0.05, 0) is 18.8 Å². The van der Waals surface area contributed by atoms with E-state index in [4.69, 9.17) is 0 Å². The van der Waals surface area contributed by atoms with Crippen molar-refractivity contribution < 1.29 is 9.59 Å². The van der Waals surface area contributed by atoms with Crippen LogP contribution in [0.3, 0.4) is 0 Å². The van der Waals surface area contributed by atoms with Crippen molar-refractivity contribution in [3.8, 4) is 0 Å². The first-order valence-corrected chi connectivity index (χ1v) is 6.00. The zero-order valence-electron chi connectivity index (χ0n) is 9.72. The zero-order valence-corrected chi connectivity index (χ0v) is 9.72. The smallest absolute Gasteiger partial charge is 0.233 e. The first-order valence-electron chi connectivity index (χ1n) is 6.00. The Morgan fingerprint density at radius 2 is 2.00 bits per heavy atom. The maximum absolute atomic E-state index is 12.1. The molecule has 5 nitrogen and oxygen atoms in total. The molecule has 1 aliphatic heterocycles. The predicted molar refractivity (Wildman–Crippen MR) is 59.5 cm³/mol. The normalized spacial score (nSPS) is 32.3. The van der Waals surface area contributed by atoms with Crippen LogP contribution in [0.15, 0.2) is 12.4 Å². The highest BCUT2D eigenvalue weighted by molar-refractivity contribution is 6.05. The summed E-state index contributed by atoms with van der Waals surface area (Å²) in [4.78, 5) is 32.6. The number of hydrogen-bond acceptors (Lipinski definition) is 3. The first kappa shape index (κ1) is 10.5. The van der Waals surface area contributed by atoms with Crippen LogP contribution < -0.4 is 0 Å². The van der Waals surface area contributed by atoms with Gasteiger partial charge in [-0.1, -0.05) is 6.92 Å². The molecule has 1 aromatic rings. The van der Waals surface area contributed by atoms with Crippen molar-refractivity contribution in [2.45, 2.75) is 26.3 Å². The molecular weight excluding hydrogens is 218 g/mol. The Morgan fingerprint density at radius 1 is 1.35 bits per heavy atom. The van der Waals surface area contributed by atoms with Gasteiger partial charge in [-0.15, -0.1) is 0 Å². The van der Waals surface area contributed by atoms with Crippen LogP contribution in [0.2, 0.25) is 0 Å². The number of imide groups is 1. The lowest BCUT2D eigenvalue weighted by Crippen LogP contribution is -2.32. The summed E-state index contributed by atoms with van der Waals surface area (Å²) in [5, 5.41) is 0. The van der Waals surface area contributed by atoms with Gasteiger partial charge >= 0.3 is 0 Å². The third kappa shape index (κ3) is 1.57. The molecule has 1 aliphatic carbocycles. The summed E-state index contributed by atoms with van der Waals surface area (Å²) in [5.74, 6) is 0.977. The number of hydrogen-bond donors (Lipinski definition) is 1. The second-order valence-corrected chi connectivity index (χ2v) is 5.09. The molecule has 2 amide bonds. The Morgan fingerprint density at radius 3 is 2.53 bits per heavy atom. The summed E-state index contributed by atoms with van der Waals surface area (Å²) in [6.07, 6.45) is 5.03. The number of carbonyl (C=O) groups is 2. The molecule has 2 fully saturated rings. The number of aromatic amines is 1. The van der Waals surface area contributed by atoms with Crippen LogP contribution in [-0.4, -0.2) is 26.7 Å². The monoisotopic (exact) mass is 233 g/mol. The molecule has 5 heteroatoms. The van der Waals surface area contributed by atoms with Crippen LogP contribution >= 0.6 is 0 Å². The third-order valence-electron chi connectivity index (χ3n) is 3.83.